The van der Waals surface area contributed by atoms with E-state index in [1.165, 1.54) is 32.2 Å². The maximum absolute atomic E-state index is 5.30. The first-order valence-corrected chi connectivity index (χ1v) is 5.72. The molecule has 0 radical (unpaired) electrons. The Labute approximate surface area is 87.4 Å². The fourth-order valence-electron chi connectivity index (χ4n) is 1.76. The van der Waals surface area contributed by atoms with E-state index in [9.17, 15) is 0 Å². The molecule has 1 fully saturated rings. The van der Waals surface area contributed by atoms with Crippen LogP contribution in [0.2, 0.25) is 0 Å². The summed E-state index contributed by atoms with van der Waals surface area (Å²) in [6.45, 7) is 6.25. The summed E-state index contributed by atoms with van der Waals surface area (Å²) in [7, 11) is 1.77. The summed E-state index contributed by atoms with van der Waals surface area (Å²) in [5.74, 6) is 0. The second kappa shape index (κ2) is 8.21. The third-order valence-electron chi connectivity index (χ3n) is 2.68. The Hall–Kier alpha value is -0.120. The van der Waals surface area contributed by atoms with Gasteiger partial charge in [0.25, 0.3) is 0 Å². The molecule has 1 aliphatic heterocycles. The molecule has 1 heterocycles. The number of ether oxygens (including phenoxy) is 2. The highest BCUT2D eigenvalue weighted by atomic mass is 16.5. The molecule has 1 saturated heterocycles. The number of methoxy groups -OCH3 is 1. The average molecular weight is 201 g/mol. The van der Waals surface area contributed by atoms with Crippen molar-refractivity contribution in [3.05, 3.63) is 0 Å². The molecule has 0 N–H and O–H groups in total. The number of hydrogen-bond donors (Lipinski definition) is 0. The van der Waals surface area contributed by atoms with Gasteiger partial charge >= 0.3 is 0 Å². The first-order chi connectivity index (χ1) is 6.93. The van der Waals surface area contributed by atoms with Crippen LogP contribution < -0.4 is 0 Å². The normalized spacial score (nSPS) is 18.6. The zero-order chi connectivity index (χ0) is 10.1. The highest BCUT2D eigenvalue weighted by Crippen LogP contribution is 2.03. The van der Waals surface area contributed by atoms with Gasteiger partial charge in [-0.15, -0.1) is 0 Å². The van der Waals surface area contributed by atoms with Crippen LogP contribution in [0.1, 0.15) is 25.7 Å². The number of rotatable bonds is 7. The lowest BCUT2D eigenvalue weighted by atomic mass is 10.2. The van der Waals surface area contributed by atoms with Crippen LogP contribution in [0.25, 0.3) is 0 Å². The Kier molecular flexibility index (Phi) is 7.01. The van der Waals surface area contributed by atoms with Gasteiger partial charge in [0.1, 0.15) is 0 Å². The second-order valence-corrected chi connectivity index (χ2v) is 3.86. The molecule has 0 aromatic heterocycles. The van der Waals surface area contributed by atoms with Crippen LogP contribution in [0.5, 0.6) is 0 Å². The van der Waals surface area contributed by atoms with Gasteiger partial charge in [0.05, 0.1) is 13.2 Å². The highest BCUT2D eigenvalue weighted by Gasteiger charge is 2.08. The van der Waals surface area contributed by atoms with E-state index in [0.29, 0.717) is 0 Å². The minimum atomic E-state index is 0.914. The molecular formula is C11H23NO2. The van der Waals surface area contributed by atoms with Crippen molar-refractivity contribution in [2.24, 2.45) is 0 Å². The third-order valence-corrected chi connectivity index (χ3v) is 2.68. The van der Waals surface area contributed by atoms with Gasteiger partial charge in [-0.1, -0.05) is 12.8 Å². The number of unbranched alkanes of at least 4 members (excludes halogenated alkanes) is 3. The van der Waals surface area contributed by atoms with Crippen molar-refractivity contribution in [3.63, 3.8) is 0 Å². The van der Waals surface area contributed by atoms with Gasteiger partial charge < -0.3 is 9.47 Å². The van der Waals surface area contributed by atoms with Crippen molar-refractivity contribution in [2.45, 2.75) is 25.7 Å². The quantitative estimate of drug-likeness (QED) is 0.583. The lowest BCUT2D eigenvalue weighted by Gasteiger charge is -2.26. The molecule has 0 unspecified atom stereocenters. The van der Waals surface area contributed by atoms with Gasteiger partial charge in [-0.05, 0) is 19.4 Å². The maximum atomic E-state index is 5.30. The zero-order valence-corrected chi connectivity index (χ0v) is 9.33. The second-order valence-electron chi connectivity index (χ2n) is 3.86. The summed E-state index contributed by atoms with van der Waals surface area (Å²) in [6, 6.07) is 0. The summed E-state index contributed by atoms with van der Waals surface area (Å²) >= 11 is 0. The summed E-state index contributed by atoms with van der Waals surface area (Å²) in [5, 5.41) is 0. The van der Waals surface area contributed by atoms with Crippen LogP contribution in [0, 0.1) is 0 Å². The van der Waals surface area contributed by atoms with Gasteiger partial charge in [0.2, 0.25) is 0 Å². The Bertz CT molecular complexity index is 124. The molecule has 3 nitrogen and oxygen atoms in total. The standard InChI is InChI=1S/C11H23NO2/c1-13-9-5-3-2-4-6-12-7-10-14-11-8-12/h2-11H2,1H3. The molecule has 0 atom stereocenters. The van der Waals surface area contributed by atoms with Gasteiger partial charge in [-0.2, -0.15) is 0 Å². The van der Waals surface area contributed by atoms with Crippen molar-refractivity contribution in [2.75, 3.05) is 46.6 Å². The van der Waals surface area contributed by atoms with Crippen LogP contribution in [0.3, 0.4) is 0 Å². The van der Waals surface area contributed by atoms with Crippen LogP contribution >= 0.6 is 0 Å². The lowest BCUT2D eigenvalue weighted by Crippen LogP contribution is -2.36. The number of nitrogens with zero attached hydrogens (tertiary/aromatic N) is 1. The SMILES string of the molecule is COCCCCCCN1CCOCC1. The Balaban J connectivity index is 1.82. The molecule has 84 valence electrons. The fraction of sp³-hybridized carbons (Fsp3) is 1.00. The van der Waals surface area contributed by atoms with Crippen LogP contribution in [-0.2, 0) is 9.47 Å². The molecule has 0 amide bonds. The lowest BCUT2D eigenvalue weighted by molar-refractivity contribution is 0.0370. The smallest absolute Gasteiger partial charge is 0.0594 e. The molecule has 1 rings (SSSR count). The van der Waals surface area contributed by atoms with Crippen LogP contribution in [0.4, 0.5) is 0 Å². The number of hydrogen-bond acceptors (Lipinski definition) is 3. The molecule has 0 bridgehead atoms. The third kappa shape index (κ3) is 5.58. The van der Waals surface area contributed by atoms with Crippen molar-refractivity contribution in [1.29, 1.82) is 0 Å². The van der Waals surface area contributed by atoms with E-state index in [1.54, 1.807) is 7.11 Å². The molecule has 1 aliphatic rings. The van der Waals surface area contributed by atoms with E-state index >= 15 is 0 Å². The molecule has 3 heteroatoms. The summed E-state index contributed by atoms with van der Waals surface area (Å²) in [4.78, 5) is 2.50. The first kappa shape index (κ1) is 12.0. The molecule has 0 aromatic carbocycles. The van der Waals surface area contributed by atoms with E-state index in [2.05, 4.69) is 4.90 Å². The Morgan fingerprint density at radius 1 is 1.07 bits per heavy atom. The molecule has 0 saturated carbocycles. The van der Waals surface area contributed by atoms with Crippen molar-refractivity contribution < 1.29 is 9.47 Å². The highest BCUT2D eigenvalue weighted by molar-refractivity contribution is 4.61. The van der Waals surface area contributed by atoms with Crippen LogP contribution in [-0.4, -0.2) is 51.5 Å². The largest absolute Gasteiger partial charge is 0.385 e. The monoisotopic (exact) mass is 201 g/mol. The van der Waals surface area contributed by atoms with Gasteiger partial charge in [0.15, 0.2) is 0 Å². The first-order valence-electron chi connectivity index (χ1n) is 5.72. The average Bonchev–Trinajstić information content (AvgIpc) is 2.25. The topological polar surface area (TPSA) is 21.7 Å². The summed E-state index contributed by atoms with van der Waals surface area (Å²) in [5.41, 5.74) is 0. The molecule has 0 aromatic rings. The van der Waals surface area contributed by atoms with Crippen molar-refractivity contribution in [1.82, 2.24) is 4.90 Å². The minimum absolute atomic E-state index is 0.914. The van der Waals surface area contributed by atoms with E-state index in [1.807, 2.05) is 0 Å². The van der Waals surface area contributed by atoms with E-state index in [4.69, 9.17) is 9.47 Å². The van der Waals surface area contributed by atoms with E-state index in [0.717, 1.165) is 32.9 Å². The summed E-state index contributed by atoms with van der Waals surface area (Å²) < 4.78 is 10.3. The molecular weight excluding hydrogens is 178 g/mol. The molecule has 14 heavy (non-hydrogen) atoms. The number of morpholine rings is 1. The predicted octanol–water partition coefficient (Wildman–Crippen LogP) is 1.53. The van der Waals surface area contributed by atoms with E-state index < -0.39 is 0 Å². The van der Waals surface area contributed by atoms with Crippen LogP contribution in [0.15, 0.2) is 0 Å². The molecule has 0 spiro atoms. The predicted molar refractivity (Wildman–Crippen MR) is 57.6 cm³/mol. The fourth-order valence-corrected chi connectivity index (χ4v) is 1.76. The van der Waals surface area contributed by atoms with Gasteiger partial charge in [-0.3, -0.25) is 4.90 Å². The van der Waals surface area contributed by atoms with Gasteiger partial charge in [0, 0.05) is 26.8 Å². The van der Waals surface area contributed by atoms with E-state index in [-0.39, 0.29) is 0 Å². The molecule has 0 aliphatic carbocycles. The maximum Gasteiger partial charge on any atom is 0.0594 e. The minimum Gasteiger partial charge on any atom is -0.385 e. The summed E-state index contributed by atoms with van der Waals surface area (Å²) in [6.07, 6.45) is 5.17. The Morgan fingerprint density at radius 3 is 2.50 bits per heavy atom. The Morgan fingerprint density at radius 2 is 1.79 bits per heavy atom. The van der Waals surface area contributed by atoms with Crippen molar-refractivity contribution >= 4 is 0 Å². The van der Waals surface area contributed by atoms with Gasteiger partial charge in [-0.25, -0.2) is 0 Å². The van der Waals surface area contributed by atoms with Crippen molar-refractivity contribution in [3.8, 4) is 0 Å². The zero-order valence-electron chi connectivity index (χ0n) is 9.33.